The van der Waals surface area contributed by atoms with Gasteiger partial charge in [-0.05, 0) is 24.6 Å². The summed E-state index contributed by atoms with van der Waals surface area (Å²) in [5.41, 5.74) is 2.98. The Morgan fingerprint density at radius 1 is 1.09 bits per heavy atom. The lowest BCUT2D eigenvalue weighted by Crippen LogP contribution is -2.26. The molecule has 0 aliphatic heterocycles. The summed E-state index contributed by atoms with van der Waals surface area (Å²) in [6, 6.07) is 9.10. The van der Waals surface area contributed by atoms with Gasteiger partial charge in [-0.25, -0.2) is 0 Å². The van der Waals surface area contributed by atoms with Gasteiger partial charge in [-0.3, -0.25) is 9.78 Å². The van der Waals surface area contributed by atoms with Crippen molar-refractivity contribution in [3.8, 4) is 5.75 Å². The Bertz CT molecular complexity index is 946. The molecule has 0 amide bonds. The highest BCUT2D eigenvalue weighted by molar-refractivity contribution is 6.11. The number of fused-ring (bicyclic) bond motifs is 4. The van der Waals surface area contributed by atoms with Crippen molar-refractivity contribution >= 4 is 27.5 Å². The van der Waals surface area contributed by atoms with Gasteiger partial charge < -0.3 is 10.2 Å². The van der Waals surface area contributed by atoms with Gasteiger partial charge in [0.15, 0.2) is 5.78 Å². The first-order chi connectivity index (χ1) is 10.6. The number of phenols is 1. The Balaban J connectivity index is 2.15. The molecule has 0 saturated carbocycles. The molecule has 1 atom stereocenters. The number of phenolic OH excluding ortho intramolecular Hbond substituents is 1. The number of Topliss-reactive ketones (excluding diaryl/α,β-unsaturated/α-hetero) is 1. The van der Waals surface area contributed by atoms with Crippen molar-refractivity contribution < 1.29 is 15.0 Å². The fourth-order valence-electron chi connectivity index (χ4n) is 3.42. The van der Waals surface area contributed by atoms with E-state index >= 15 is 0 Å². The van der Waals surface area contributed by atoms with Crippen LogP contribution in [0.1, 0.15) is 28.0 Å². The Labute approximate surface area is 127 Å². The van der Waals surface area contributed by atoms with Crippen LogP contribution in [-0.4, -0.2) is 27.1 Å². The number of nitrogens with zero attached hydrogens (tertiary/aromatic N) is 1. The monoisotopic (exact) mass is 293 g/mol. The molecule has 3 aromatic rings. The third kappa shape index (κ3) is 1.74. The molecule has 4 nitrogen and oxygen atoms in total. The summed E-state index contributed by atoms with van der Waals surface area (Å²) in [6.07, 6.45) is -0.102. The molecule has 0 saturated heterocycles. The van der Waals surface area contributed by atoms with Crippen molar-refractivity contribution in [3.63, 3.8) is 0 Å². The topological polar surface area (TPSA) is 70.4 Å². The predicted octanol–water partition coefficient (Wildman–Crippen LogP) is 2.89. The Kier molecular flexibility index (Phi) is 2.71. The number of aromatic nitrogens is 1. The molecule has 1 unspecified atom stereocenters. The van der Waals surface area contributed by atoms with Gasteiger partial charge in [0.2, 0.25) is 0 Å². The third-order valence-electron chi connectivity index (χ3n) is 4.45. The highest BCUT2D eigenvalue weighted by atomic mass is 16.3. The highest BCUT2D eigenvalue weighted by Crippen LogP contribution is 2.34. The van der Waals surface area contributed by atoms with Crippen molar-refractivity contribution in [2.24, 2.45) is 0 Å². The highest BCUT2D eigenvalue weighted by Gasteiger charge is 2.27. The minimum atomic E-state index is -0.660. The van der Waals surface area contributed by atoms with Crippen LogP contribution in [0.4, 0.5) is 0 Å². The lowest BCUT2D eigenvalue weighted by atomic mass is 9.87. The van der Waals surface area contributed by atoms with Crippen LogP contribution in [0.25, 0.3) is 21.7 Å². The lowest BCUT2D eigenvalue weighted by Gasteiger charge is -2.22. The molecule has 0 radical (unpaired) electrons. The van der Waals surface area contributed by atoms with E-state index in [4.69, 9.17) is 0 Å². The summed E-state index contributed by atoms with van der Waals surface area (Å²) in [5.74, 6) is 0.171. The van der Waals surface area contributed by atoms with E-state index in [-0.39, 0.29) is 18.0 Å². The predicted molar refractivity (Wildman–Crippen MR) is 84.3 cm³/mol. The van der Waals surface area contributed by atoms with Crippen LogP contribution < -0.4 is 0 Å². The standard InChI is InChI=1S/C18H15NO3/c1-9-11-5-6-12-13(3-2-4-15(12)21)18(11)19-14-7-10(20)8-16(22)17(9)14/h2-6,10,20-21H,7-8H2,1H3. The van der Waals surface area contributed by atoms with E-state index < -0.39 is 6.10 Å². The molecule has 1 heterocycles. The molecule has 2 N–H and O–H groups in total. The maximum Gasteiger partial charge on any atom is 0.167 e. The molecule has 1 aromatic heterocycles. The Morgan fingerprint density at radius 2 is 1.86 bits per heavy atom. The van der Waals surface area contributed by atoms with Crippen molar-refractivity contribution in [2.45, 2.75) is 25.9 Å². The van der Waals surface area contributed by atoms with E-state index in [1.807, 2.05) is 25.1 Å². The number of hydrogen-bond acceptors (Lipinski definition) is 4. The number of rotatable bonds is 0. The molecule has 4 rings (SSSR count). The van der Waals surface area contributed by atoms with E-state index in [0.717, 1.165) is 27.2 Å². The van der Waals surface area contributed by atoms with E-state index in [1.165, 1.54) is 0 Å². The summed E-state index contributed by atoms with van der Waals surface area (Å²) in [6.45, 7) is 1.92. The number of aliphatic hydroxyl groups excluding tert-OH is 1. The van der Waals surface area contributed by atoms with Crippen molar-refractivity contribution in [1.82, 2.24) is 4.98 Å². The zero-order valence-electron chi connectivity index (χ0n) is 12.1. The molecule has 0 fully saturated rings. The number of pyridine rings is 1. The number of carbonyl (C=O) groups excluding carboxylic acids is 1. The summed E-state index contributed by atoms with van der Waals surface area (Å²) in [5, 5.41) is 22.4. The molecule has 2 aromatic carbocycles. The summed E-state index contributed by atoms with van der Waals surface area (Å²) >= 11 is 0. The maximum atomic E-state index is 12.2. The van der Waals surface area contributed by atoms with Gasteiger partial charge in [-0.15, -0.1) is 0 Å². The van der Waals surface area contributed by atoms with Crippen LogP contribution >= 0.6 is 0 Å². The number of aryl methyl sites for hydroxylation is 1. The van der Waals surface area contributed by atoms with E-state index in [0.29, 0.717) is 17.7 Å². The number of benzene rings is 2. The molecule has 0 bridgehead atoms. The quantitative estimate of drug-likeness (QED) is 0.625. The van der Waals surface area contributed by atoms with Gasteiger partial charge in [0, 0.05) is 34.6 Å². The zero-order chi connectivity index (χ0) is 15.4. The van der Waals surface area contributed by atoms with Crippen LogP contribution in [0, 0.1) is 6.92 Å². The van der Waals surface area contributed by atoms with Gasteiger partial charge in [-0.1, -0.05) is 18.2 Å². The largest absolute Gasteiger partial charge is 0.507 e. The fourth-order valence-corrected chi connectivity index (χ4v) is 3.42. The fraction of sp³-hybridized carbons (Fsp3) is 0.222. The average molecular weight is 293 g/mol. The van der Waals surface area contributed by atoms with Crippen LogP contribution in [0.15, 0.2) is 30.3 Å². The second kappa shape index (κ2) is 4.52. The smallest absolute Gasteiger partial charge is 0.167 e. The van der Waals surface area contributed by atoms with E-state index in [2.05, 4.69) is 4.98 Å². The molecule has 0 spiro atoms. The minimum absolute atomic E-state index is 0.0448. The number of aromatic hydroxyl groups is 1. The number of carbonyl (C=O) groups is 1. The van der Waals surface area contributed by atoms with E-state index in [9.17, 15) is 15.0 Å². The molecular formula is C18H15NO3. The van der Waals surface area contributed by atoms with Crippen LogP contribution in [0.3, 0.4) is 0 Å². The van der Waals surface area contributed by atoms with Crippen LogP contribution in [0.5, 0.6) is 5.75 Å². The van der Waals surface area contributed by atoms with Gasteiger partial charge in [-0.2, -0.15) is 0 Å². The van der Waals surface area contributed by atoms with Crippen molar-refractivity contribution in [2.75, 3.05) is 0 Å². The molecule has 22 heavy (non-hydrogen) atoms. The molecule has 1 aliphatic carbocycles. The normalized spacial score (nSPS) is 17.9. The first-order valence-electron chi connectivity index (χ1n) is 7.31. The lowest BCUT2D eigenvalue weighted by molar-refractivity contribution is 0.0849. The first kappa shape index (κ1) is 13.2. The molecule has 1 aliphatic rings. The van der Waals surface area contributed by atoms with Gasteiger partial charge in [0.25, 0.3) is 0 Å². The van der Waals surface area contributed by atoms with Gasteiger partial charge in [0.1, 0.15) is 5.75 Å². The van der Waals surface area contributed by atoms with Crippen LogP contribution in [-0.2, 0) is 6.42 Å². The summed E-state index contributed by atoms with van der Waals surface area (Å²) < 4.78 is 0. The van der Waals surface area contributed by atoms with E-state index in [1.54, 1.807) is 12.1 Å². The van der Waals surface area contributed by atoms with Gasteiger partial charge >= 0.3 is 0 Å². The Hall–Kier alpha value is -2.46. The maximum absolute atomic E-state index is 12.2. The second-order valence-electron chi connectivity index (χ2n) is 5.88. The average Bonchev–Trinajstić information content (AvgIpc) is 2.47. The third-order valence-corrected chi connectivity index (χ3v) is 4.45. The SMILES string of the molecule is Cc1c2c(nc3c1ccc1c(O)cccc13)CC(O)CC2=O. The zero-order valence-corrected chi connectivity index (χ0v) is 12.1. The molecular weight excluding hydrogens is 278 g/mol. The Morgan fingerprint density at radius 3 is 2.68 bits per heavy atom. The molecule has 110 valence electrons. The summed E-state index contributed by atoms with van der Waals surface area (Å²) in [4.78, 5) is 16.9. The van der Waals surface area contributed by atoms with Crippen molar-refractivity contribution in [1.29, 1.82) is 0 Å². The van der Waals surface area contributed by atoms with Crippen molar-refractivity contribution in [3.05, 3.63) is 47.2 Å². The number of aliphatic hydroxyl groups is 1. The number of ketones is 1. The summed E-state index contributed by atoms with van der Waals surface area (Å²) in [7, 11) is 0. The molecule has 4 heteroatoms. The number of hydrogen-bond donors (Lipinski definition) is 2. The second-order valence-corrected chi connectivity index (χ2v) is 5.88. The van der Waals surface area contributed by atoms with Crippen LogP contribution in [0.2, 0.25) is 0 Å². The first-order valence-corrected chi connectivity index (χ1v) is 7.31. The van der Waals surface area contributed by atoms with Gasteiger partial charge in [0.05, 0.1) is 17.3 Å². The minimum Gasteiger partial charge on any atom is -0.507 e.